The first-order valence-corrected chi connectivity index (χ1v) is 8.73. The van der Waals surface area contributed by atoms with E-state index in [1.807, 2.05) is 37.3 Å². The summed E-state index contributed by atoms with van der Waals surface area (Å²) in [7, 11) is 0. The van der Waals surface area contributed by atoms with E-state index in [1.54, 1.807) is 4.90 Å². The van der Waals surface area contributed by atoms with E-state index < -0.39 is 0 Å². The number of nitrogens with one attached hydrogen (secondary N) is 2. The number of hydrogen-bond acceptors (Lipinski definition) is 4. The maximum absolute atomic E-state index is 12.7. The second-order valence-corrected chi connectivity index (χ2v) is 6.62. The molecule has 0 aliphatic carbocycles. The Morgan fingerprint density at radius 1 is 1.42 bits per heavy atom. The Balaban J connectivity index is 1.50. The fourth-order valence-electron chi connectivity index (χ4n) is 3.33. The third-order valence-corrected chi connectivity index (χ3v) is 4.60. The van der Waals surface area contributed by atoms with Crippen LogP contribution in [0, 0.1) is 0 Å². The van der Waals surface area contributed by atoms with Crippen molar-refractivity contribution in [2.45, 2.75) is 25.8 Å². The van der Waals surface area contributed by atoms with Gasteiger partial charge in [0, 0.05) is 30.9 Å². The SMILES string of the molecule is CC(CN1CCCC1=O)NC(=O)c1cn[nH]c1-c1cc2ccccc2o1. The van der Waals surface area contributed by atoms with Crippen LogP contribution in [0.3, 0.4) is 0 Å². The van der Waals surface area contributed by atoms with Crippen LogP contribution in [-0.2, 0) is 4.79 Å². The number of carbonyl (C=O) groups is 2. The molecule has 0 radical (unpaired) electrons. The number of likely N-dealkylation sites (tertiary alicyclic amines) is 1. The van der Waals surface area contributed by atoms with Gasteiger partial charge in [-0.2, -0.15) is 5.10 Å². The number of para-hydroxylation sites is 1. The number of hydrogen-bond donors (Lipinski definition) is 2. The van der Waals surface area contributed by atoms with Gasteiger partial charge >= 0.3 is 0 Å². The lowest BCUT2D eigenvalue weighted by Gasteiger charge is -2.21. The standard InChI is InChI=1S/C19H20N4O3/c1-12(11-23-8-4-7-17(23)24)21-19(25)14-10-20-22-18(14)16-9-13-5-2-3-6-15(13)26-16/h2-3,5-6,9-10,12H,4,7-8,11H2,1H3,(H,20,22)(H,21,25). The molecule has 26 heavy (non-hydrogen) atoms. The predicted molar refractivity (Wildman–Crippen MR) is 96.5 cm³/mol. The molecule has 7 nitrogen and oxygen atoms in total. The minimum Gasteiger partial charge on any atom is -0.454 e. The molecule has 1 atom stereocenters. The second-order valence-electron chi connectivity index (χ2n) is 6.62. The Bertz CT molecular complexity index is 926. The number of rotatable bonds is 5. The first-order chi connectivity index (χ1) is 12.6. The van der Waals surface area contributed by atoms with Crippen LogP contribution in [0.4, 0.5) is 0 Å². The third-order valence-electron chi connectivity index (χ3n) is 4.60. The zero-order valence-electron chi connectivity index (χ0n) is 14.5. The van der Waals surface area contributed by atoms with Gasteiger partial charge in [-0.25, -0.2) is 0 Å². The van der Waals surface area contributed by atoms with Gasteiger partial charge < -0.3 is 14.6 Å². The highest BCUT2D eigenvalue weighted by Crippen LogP contribution is 2.28. The molecule has 1 fully saturated rings. The number of aromatic amines is 1. The number of H-pyrrole nitrogens is 1. The number of furan rings is 1. The van der Waals surface area contributed by atoms with Crippen molar-refractivity contribution < 1.29 is 14.0 Å². The van der Waals surface area contributed by atoms with Crippen molar-refractivity contribution in [1.82, 2.24) is 20.4 Å². The van der Waals surface area contributed by atoms with Crippen LogP contribution >= 0.6 is 0 Å². The van der Waals surface area contributed by atoms with E-state index in [-0.39, 0.29) is 17.9 Å². The molecule has 4 rings (SSSR count). The highest BCUT2D eigenvalue weighted by Gasteiger charge is 2.24. The molecule has 7 heteroatoms. The van der Waals surface area contributed by atoms with Gasteiger partial charge in [-0.15, -0.1) is 0 Å². The maximum atomic E-state index is 12.7. The van der Waals surface area contributed by atoms with Crippen molar-refractivity contribution in [3.8, 4) is 11.5 Å². The van der Waals surface area contributed by atoms with E-state index in [0.717, 1.165) is 23.9 Å². The van der Waals surface area contributed by atoms with Gasteiger partial charge in [0.05, 0.1) is 11.8 Å². The molecule has 1 unspecified atom stereocenters. The molecular weight excluding hydrogens is 332 g/mol. The average Bonchev–Trinajstić information content (AvgIpc) is 3.33. The van der Waals surface area contributed by atoms with E-state index in [0.29, 0.717) is 30.0 Å². The van der Waals surface area contributed by atoms with E-state index in [9.17, 15) is 9.59 Å². The Kier molecular flexibility index (Phi) is 4.20. The van der Waals surface area contributed by atoms with Gasteiger partial charge in [-0.05, 0) is 25.5 Å². The Hall–Kier alpha value is -3.09. The van der Waals surface area contributed by atoms with Crippen LogP contribution in [0.1, 0.15) is 30.1 Å². The molecule has 2 amide bonds. The van der Waals surface area contributed by atoms with Crippen LogP contribution < -0.4 is 5.32 Å². The summed E-state index contributed by atoms with van der Waals surface area (Å²) in [5.41, 5.74) is 1.72. The summed E-state index contributed by atoms with van der Waals surface area (Å²) in [5, 5.41) is 10.8. The van der Waals surface area contributed by atoms with Crippen LogP contribution in [0.5, 0.6) is 0 Å². The summed E-state index contributed by atoms with van der Waals surface area (Å²) in [4.78, 5) is 26.2. The lowest BCUT2D eigenvalue weighted by molar-refractivity contribution is -0.127. The number of benzene rings is 1. The molecular formula is C19H20N4O3. The molecule has 2 aromatic heterocycles. The summed E-state index contributed by atoms with van der Waals surface area (Å²) in [6.45, 7) is 3.17. The average molecular weight is 352 g/mol. The molecule has 134 valence electrons. The number of amides is 2. The number of fused-ring (bicyclic) bond motifs is 1. The molecule has 1 aliphatic rings. The molecule has 0 spiro atoms. The smallest absolute Gasteiger partial charge is 0.255 e. The summed E-state index contributed by atoms with van der Waals surface area (Å²) in [5.74, 6) is 0.474. The van der Waals surface area contributed by atoms with E-state index in [2.05, 4.69) is 15.5 Å². The van der Waals surface area contributed by atoms with Crippen molar-refractivity contribution in [2.24, 2.45) is 0 Å². The number of aromatic nitrogens is 2. The Labute approximate surface area is 150 Å². The summed E-state index contributed by atoms with van der Waals surface area (Å²) < 4.78 is 5.83. The highest BCUT2D eigenvalue weighted by atomic mass is 16.3. The first-order valence-electron chi connectivity index (χ1n) is 8.73. The molecule has 2 N–H and O–H groups in total. The minimum atomic E-state index is -0.242. The van der Waals surface area contributed by atoms with Gasteiger partial charge in [-0.1, -0.05) is 18.2 Å². The quantitative estimate of drug-likeness (QED) is 0.738. The van der Waals surface area contributed by atoms with Gasteiger partial charge in [0.25, 0.3) is 5.91 Å². The fourth-order valence-corrected chi connectivity index (χ4v) is 3.33. The topological polar surface area (TPSA) is 91.2 Å². The number of carbonyl (C=O) groups excluding carboxylic acids is 2. The molecule has 0 saturated carbocycles. The summed E-state index contributed by atoms with van der Waals surface area (Å²) >= 11 is 0. The van der Waals surface area contributed by atoms with Crippen molar-refractivity contribution in [3.05, 3.63) is 42.1 Å². The lowest BCUT2D eigenvalue weighted by atomic mass is 10.1. The lowest BCUT2D eigenvalue weighted by Crippen LogP contribution is -2.42. The van der Waals surface area contributed by atoms with Crippen molar-refractivity contribution in [1.29, 1.82) is 0 Å². The normalized spacial score (nSPS) is 15.6. The maximum Gasteiger partial charge on any atom is 0.255 e. The zero-order chi connectivity index (χ0) is 18.1. The minimum absolute atomic E-state index is 0.150. The highest BCUT2D eigenvalue weighted by molar-refractivity contribution is 6.00. The molecule has 1 saturated heterocycles. The molecule has 3 aromatic rings. The monoisotopic (exact) mass is 352 g/mol. The van der Waals surface area contributed by atoms with E-state index in [4.69, 9.17) is 4.42 Å². The third kappa shape index (κ3) is 3.08. The van der Waals surface area contributed by atoms with Gasteiger partial charge in [-0.3, -0.25) is 14.7 Å². The van der Waals surface area contributed by atoms with Crippen molar-refractivity contribution in [3.63, 3.8) is 0 Å². The van der Waals surface area contributed by atoms with Gasteiger partial charge in [0.2, 0.25) is 5.91 Å². The number of nitrogens with zero attached hydrogens (tertiary/aromatic N) is 2. The van der Waals surface area contributed by atoms with Gasteiger partial charge in [0.15, 0.2) is 5.76 Å². The Morgan fingerprint density at radius 2 is 2.27 bits per heavy atom. The summed E-state index contributed by atoms with van der Waals surface area (Å²) in [6.07, 6.45) is 2.97. The molecule has 3 heterocycles. The van der Waals surface area contributed by atoms with Gasteiger partial charge in [0.1, 0.15) is 11.3 Å². The van der Waals surface area contributed by atoms with Crippen molar-refractivity contribution in [2.75, 3.05) is 13.1 Å². The van der Waals surface area contributed by atoms with Crippen LogP contribution in [0.25, 0.3) is 22.4 Å². The van der Waals surface area contributed by atoms with E-state index in [1.165, 1.54) is 6.20 Å². The van der Waals surface area contributed by atoms with Crippen LogP contribution in [-0.4, -0.2) is 46.0 Å². The van der Waals surface area contributed by atoms with E-state index >= 15 is 0 Å². The largest absolute Gasteiger partial charge is 0.454 e. The van der Waals surface area contributed by atoms with Crippen LogP contribution in [0.2, 0.25) is 0 Å². The molecule has 0 bridgehead atoms. The van der Waals surface area contributed by atoms with Crippen LogP contribution in [0.15, 0.2) is 40.9 Å². The molecule has 1 aliphatic heterocycles. The second kappa shape index (κ2) is 6.67. The fraction of sp³-hybridized carbons (Fsp3) is 0.316. The zero-order valence-corrected chi connectivity index (χ0v) is 14.5. The summed E-state index contributed by atoms with van der Waals surface area (Å²) in [6, 6.07) is 9.40. The first kappa shape index (κ1) is 16.4. The predicted octanol–water partition coefficient (Wildman–Crippen LogP) is 2.56. The Morgan fingerprint density at radius 3 is 3.04 bits per heavy atom. The van der Waals surface area contributed by atoms with Crippen molar-refractivity contribution >= 4 is 22.8 Å². The molecule has 1 aromatic carbocycles.